The number of hydrogen-bond donors (Lipinski definition) is 4. The molecule has 0 saturated heterocycles. The second-order valence-electron chi connectivity index (χ2n) is 4.30. The summed E-state index contributed by atoms with van der Waals surface area (Å²) >= 11 is 0. The van der Waals surface area contributed by atoms with Gasteiger partial charge in [0.05, 0.1) is 12.1 Å². The minimum atomic E-state index is -0.328. The van der Waals surface area contributed by atoms with E-state index >= 15 is 0 Å². The van der Waals surface area contributed by atoms with E-state index in [4.69, 9.17) is 22.3 Å². The first-order valence-electron chi connectivity index (χ1n) is 5.93. The Kier molecular flexibility index (Phi) is 5.40. The van der Waals surface area contributed by atoms with Crippen molar-refractivity contribution in [3.63, 3.8) is 0 Å². The summed E-state index contributed by atoms with van der Waals surface area (Å²) in [6.45, 7) is 0. The van der Waals surface area contributed by atoms with Gasteiger partial charge in [0.15, 0.2) is 0 Å². The van der Waals surface area contributed by atoms with Crippen LogP contribution in [0.25, 0.3) is 0 Å². The monoisotopic (exact) mass is 280 g/mol. The summed E-state index contributed by atoms with van der Waals surface area (Å²) < 4.78 is 0. The average Bonchev–Trinajstić information content (AvgIpc) is 2.42. The third kappa shape index (κ3) is 3.64. The molecule has 0 amide bonds. The maximum absolute atomic E-state index is 10.3. The molecule has 0 aliphatic heterocycles. The SMILES string of the molecule is N=C(N)N(N=C=O)C1CCC(N(N=C=O)C(=N)N)CC1. The van der Waals surface area contributed by atoms with Gasteiger partial charge in [0.2, 0.25) is 11.9 Å². The van der Waals surface area contributed by atoms with Crippen molar-refractivity contribution in [3.05, 3.63) is 0 Å². The Morgan fingerprint density at radius 2 is 1.20 bits per heavy atom. The van der Waals surface area contributed by atoms with Gasteiger partial charge < -0.3 is 11.5 Å². The van der Waals surface area contributed by atoms with Crippen molar-refractivity contribution < 1.29 is 9.59 Å². The fraction of sp³-hybridized carbons (Fsp3) is 0.600. The van der Waals surface area contributed by atoms with E-state index in [1.807, 2.05) is 0 Å². The molecule has 20 heavy (non-hydrogen) atoms. The summed E-state index contributed by atoms with van der Waals surface area (Å²) in [5, 5.41) is 23.7. The lowest BCUT2D eigenvalue weighted by Crippen LogP contribution is -2.47. The smallest absolute Gasteiger partial charge is 0.258 e. The molecule has 1 rings (SSSR count). The summed E-state index contributed by atoms with van der Waals surface area (Å²) in [4.78, 5) is 20.6. The van der Waals surface area contributed by atoms with Crippen molar-refractivity contribution in [3.8, 4) is 0 Å². The lowest BCUT2D eigenvalue weighted by atomic mass is 9.90. The van der Waals surface area contributed by atoms with Crippen LogP contribution in [0.4, 0.5) is 0 Å². The molecule has 1 fully saturated rings. The Morgan fingerprint density at radius 3 is 1.40 bits per heavy atom. The van der Waals surface area contributed by atoms with Crippen LogP contribution in [-0.4, -0.2) is 46.2 Å². The van der Waals surface area contributed by atoms with Gasteiger partial charge in [-0.1, -0.05) is 10.2 Å². The third-order valence-corrected chi connectivity index (χ3v) is 3.15. The molecule has 1 saturated carbocycles. The molecule has 0 spiro atoms. The molecule has 0 radical (unpaired) electrons. The Bertz CT molecular complexity index is 424. The molecule has 10 heteroatoms. The van der Waals surface area contributed by atoms with E-state index in [2.05, 4.69) is 10.2 Å². The maximum Gasteiger partial charge on any atom is 0.258 e. The fourth-order valence-electron chi connectivity index (χ4n) is 2.30. The van der Waals surface area contributed by atoms with Gasteiger partial charge in [-0.3, -0.25) is 10.8 Å². The third-order valence-electron chi connectivity index (χ3n) is 3.15. The molecule has 1 aliphatic rings. The molecule has 0 bridgehead atoms. The first kappa shape index (κ1) is 15.4. The Hall–Kier alpha value is -2.70. The number of guanidine groups is 2. The molecule has 6 N–H and O–H groups in total. The summed E-state index contributed by atoms with van der Waals surface area (Å²) in [7, 11) is 0. The van der Waals surface area contributed by atoms with E-state index in [1.54, 1.807) is 0 Å². The van der Waals surface area contributed by atoms with Crippen molar-refractivity contribution in [2.75, 3.05) is 0 Å². The number of hydrogen-bond acceptors (Lipinski definition) is 6. The van der Waals surface area contributed by atoms with Gasteiger partial charge in [0.1, 0.15) is 0 Å². The van der Waals surface area contributed by atoms with Crippen LogP contribution < -0.4 is 11.5 Å². The number of nitrogens with two attached hydrogens (primary N) is 2. The highest BCUT2D eigenvalue weighted by molar-refractivity contribution is 5.75. The van der Waals surface area contributed by atoms with Gasteiger partial charge in [-0.2, -0.15) is 0 Å². The summed E-state index contributed by atoms with van der Waals surface area (Å²) in [6, 6.07) is -0.390. The molecule has 0 atom stereocenters. The Morgan fingerprint density at radius 1 is 0.900 bits per heavy atom. The average molecular weight is 280 g/mol. The highest BCUT2D eigenvalue weighted by Crippen LogP contribution is 2.26. The van der Waals surface area contributed by atoms with Crippen LogP contribution in [0.3, 0.4) is 0 Å². The summed E-state index contributed by atoms with van der Waals surface area (Å²) in [5.41, 5.74) is 10.7. The number of nitrogens with zero attached hydrogens (tertiary/aromatic N) is 4. The first-order valence-corrected chi connectivity index (χ1v) is 5.93. The minimum absolute atomic E-state index is 0.195. The molecule has 0 aromatic rings. The van der Waals surface area contributed by atoms with Gasteiger partial charge in [0, 0.05) is 0 Å². The van der Waals surface area contributed by atoms with Crippen LogP contribution in [0.1, 0.15) is 25.7 Å². The van der Waals surface area contributed by atoms with Gasteiger partial charge in [-0.25, -0.2) is 19.6 Å². The summed E-state index contributed by atoms with van der Waals surface area (Å²) in [5.74, 6) is -0.655. The lowest BCUT2D eigenvalue weighted by Gasteiger charge is -2.35. The van der Waals surface area contributed by atoms with Gasteiger partial charge in [-0.05, 0) is 25.7 Å². The van der Waals surface area contributed by atoms with Crippen LogP contribution in [0, 0.1) is 10.8 Å². The molecule has 108 valence electrons. The van der Waals surface area contributed by atoms with E-state index in [9.17, 15) is 9.59 Å². The van der Waals surface area contributed by atoms with Crippen LogP contribution in [0.15, 0.2) is 10.2 Å². The predicted molar refractivity (Wildman–Crippen MR) is 69.8 cm³/mol. The Balaban J connectivity index is 2.71. The predicted octanol–water partition coefficient (Wildman–Crippen LogP) is -0.810. The minimum Gasteiger partial charge on any atom is -0.368 e. The molecule has 1 aliphatic carbocycles. The van der Waals surface area contributed by atoms with E-state index < -0.39 is 0 Å². The van der Waals surface area contributed by atoms with Crippen LogP contribution in [0.2, 0.25) is 0 Å². The molecule has 0 unspecified atom stereocenters. The van der Waals surface area contributed by atoms with Gasteiger partial charge in [0.25, 0.3) is 12.2 Å². The number of rotatable bonds is 4. The molecule has 0 heterocycles. The molecule has 0 aromatic carbocycles. The van der Waals surface area contributed by atoms with E-state index in [0.29, 0.717) is 25.7 Å². The zero-order chi connectivity index (χ0) is 15.1. The van der Waals surface area contributed by atoms with Crippen molar-refractivity contribution in [2.24, 2.45) is 21.7 Å². The molecular formula is C10H16N8O2. The van der Waals surface area contributed by atoms with Gasteiger partial charge in [-0.15, -0.1) is 0 Å². The van der Waals surface area contributed by atoms with E-state index in [-0.39, 0.29) is 24.0 Å². The second-order valence-corrected chi connectivity index (χ2v) is 4.30. The Labute approximate surface area is 115 Å². The normalized spacial score (nSPS) is 21.0. The lowest BCUT2D eigenvalue weighted by molar-refractivity contribution is 0.174. The fourth-order valence-corrected chi connectivity index (χ4v) is 2.30. The zero-order valence-corrected chi connectivity index (χ0v) is 10.7. The number of carbonyl (C=O) groups excluding carboxylic acids is 2. The summed E-state index contributed by atoms with van der Waals surface area (Å²) in [6.07, 6.45) is 4.98. The highest BCUT2D eigenvalue weighted by atomic mass is 16.1. The highest BCUT2D eigenvalue weighted by Gasteiger charge is 2.30. The largest absolute Gasteiger partial charge is 0.368 e. The maximum atomic E-state index is 10.3. The number of isocyanates is 2. The molecule has 10 nitrogen and oxygen atoms in total. The van der Waals surface area contributed by atoms with Crippen molar-refractivity contribution in [2.45, 2.75) is 37.8 Å². The van der Waals surface area contributed by atoms with Crippen molar-refractivity contribution >= 4 is 24.1 Å². The zero-order valence-electron chi connectivity index (χ0n) is 10.7. The van der Waals surface area contributed by atoms with E-state index in [1.165, 1.54) is 12.2 Å². The van der Waals surface area contributed by atoms with Crippen molar-refractivity contribution in [1.29, 1.82) is 10.8 Å². The van der Waals surface area contributed by atoms with E-state index in [0.717, 1.165) is 10.0 Å². The van der Waals surface area contributed by atoms with Crippen LogP contribution in [0.5, 0.6) is 0 Å². The first-order chi connectivity index (χ1) is 9.51. The van der Waals surface area contributed by atoms with Crippen LogP contribution >= 0.6 is 0 Å². The second kappa shape index (κ2) is 7.03. The number of nitrogens with one attached hydrogen (secondary N) is 2. The quantitative estimate of drug-likeness (QED) is 0.227. The standard InChI is InChI=1S/C10H16N8O2/c11-9(12)17(15-5-19)7-1-2-8(4-3-7)18(10(13)14)16-6-20/h7-8H,1-4H2,(H3,11,12)(H3,13,14). The van der Waals surface area contributed by atoms with Crippen LogP contribution in [-0.2, 0) is 9.59 Å². The van der Waals surface area contributed by atoms with Crippen molar-refractivity contribution in [1.82, 2.24) is 10.0 Å². The molecular weight excluding hydrogens is 264 g/mol. The molecule has 0 aromatic heterocycles. The number of hydrazone groups is 2. The van der Waals surface area contributed by atoms with Gasteiger partial charge >= 0.3 is 0 Å². The topological polar surface area (TPSA) is 165 Å².